The molecule has 1 aromatic rings. The number of hydrogen-bond donors (Lipinski definition) is 1. The minimum Gasteiger partial charge on any atom is -0.399 e. The van der Waals surface area contributed by atoms with Crippen molar-refractivity contribution in [1.82, 2.24) is 0 Å². The molecule has 0 radical (unpaired) electrons. The van der Waals surface area contributed by atoms with E-state index in [1.807, 2.05) is 4.90 Å². The lowest BCUT2D eigenvalue weighted by atomic mass is 10.1. The summed E-state index contributed by atoms with van der Waals surface area (Å²) in [5.74, 6) is 0.837. The van der Waals surface area contributed by atoms with Gasteiger partial charge in [-0.1, -0.05) is 27.7 Å². The first-order valence-electron chi connectivity index (χ1n) is 6.73. The van der Waals surface area contributed by atoms with E-state index in [0.29, 0.717) is 23.2 Å². The number of anilines is 2. The molecule has 1 aromatic carbocycles. The van der Waals surface area contributed by atoms with Crippen LogP contribution in [-0.4, -0.2) is 13.1 Å². The van der Waals surface area contributed by atoms with Crippen LogP contribution in [0.2, 0.25) is 0 Å². The van der Waals surface area contributed by atoms with Crippen molar-refractivity contribution in [2.45, 2.75) is 34.1 Å². The van der Waals surface area contributed by atoms with Gasteiger partial charge in [-0.15, -0.1) is 0 Å². The molecule has 0 spiro atoms. The Morgan fingerprint density at radius 2 is 1.58 bits per heavy atom. The van der Waals surface area contributed by atoms with Crippen LogP contribution < -0.4 is 10.6 Å². The Morgan fingerprint density at radius 1 is 1.05 bits per heavy atom. The Labute approximate surface area is 114 Å². The molecular formula is C15H24F2N2. The minimum atomic E-state index is -2.50. The lowest BCUT2D eigenvalue weighted by molar-refractivity contribution is 0.151. The van der Waals surface area contributed by atoms with Crippen LogP contribution in [0.5, 0.6) is 0 Å². The smallest absolute Gasteiger partial charge is 0.265 e. The molecule has 0 aliphatic carbocycles. The second-order valence-electron chi connectivity index (χ2n) is 5.81. The molecule has 108 valence electrons. The fourth-order valence-electron chi connectivity index (χ4n) is 2.19. The molecule has 0 amide bonds. The molecule has 2 N–H and O–H groups in total. The number of nitrogens with two attached hydrogens (primary N) is 1. The van der Waals surface area contributed by atoms with Crippen LogP contribution in [0.3, 0.4) is 0 Å². The van der Waals surface area contributed by atoms with Gasteiger partial charge in [0.05, 0.1) is 0 Å². The highest BCUT2D eigenvalue weighted by molar-refractivity contribution is 5.60. The quantitative estimate of drug-likeness (QED) is 0.780. The van der Waals surface area contributed by atoms with Crippen molar-refractivity contribution in [2.24, 2.45) is 11.8 Å². The Hall–Kier alpha value is -1.32. The molecule has 0 bridgehead atoms. The summed E-state index contributed by atoms with van der Waals surface area (Å²) in [4.78, 5) is 2.04. The second-order valence-corrected chi connectivity index (χ2v) is 5.81. The Kier molecular flexibility index (Phi) is 5.58. The van der Waals surface area contributed by atoms with Gasteiger partial charge in [0.15, 0.2) is 0 Å². The Morgan fingerprint density at radius 3 is 2.00 bits per heavy atom. The van der Waals surface area contributed by atoms with Gasteiger partial charge >= 0.3 is 0 Å². The number of nitrogen functional groups attached to an aromatic ring is 1. The molecule has 0 heterocycles. The maximum absolute atomic E-state index is 13.2. The zero-order chi connectivity index (χ0) is 14.6. The van der Waals surface area contributed by atoms with Gasteiger partial charge in [0.2, 0.25) is 0 Å². The molecule has 0 saturated carbocycles. The number of alkyl halides is 2. The average molecular weight is 270 g/mol. The topological polar surface area (TPSA) is 29.3 Å². The van der Waals surface area contributed by atoms with Crippen LogP contribution in [-0.2, 0) is 0 Å². The normalized spacial score (nSPS) is 11.6. The maximum Gasteiger partial charge on any atom is 0.265 e. The van der Waals surface area contributed by atoms with Gasteiger partial charge in [-0.05, 0) is 30.0 Å². The predicted octanol–water partition coefficient (Wildman–Crippen LogP) is 4.32. The SMILES string of the molecule is CC(C)CN(CC(C)C)c1ccc(N)cc1C(F)F. The van der Waals surface area contributed by atoms with E-state index in [2.05, 4.69) is 27.7 Å². The highest BCUT2D eigenvalue weighted by Gasteiger charge is 2.19. The Balaban J connectivity index is 3.13. The van der Waals surface area contributed by atoms with Crippen molar-refractivity contribution in [2.75, 3.05) is 23.7 Å². The van der Waals surface area contributed by atoms with Crippen LogP contribution in [0.1, 0.15) is 39.7 Å². The first-order valence-corrected chi connectivity index (χ1v) is 6.73. The van der Waals surface area contributed by atoms with Crippen molar-refractivity contribution < 1.29 is 8.78 Å². The summed E-state index contributed by atoms with van der Waals surface area (Å²) < 4.78 is 26.3. The molecule has 0 fully saturated rings. The lowest BCUT2D eigenvalue weighted by Gasteiger charge is -2.30. The van der Waals surface area contributed by atoms with Gasteiger partial charge in [0, 0.05) is 30.0 Å². The highest BCUT2D eigenvalue weighted by Crippen LogP contribution is 2.32. The summed E-state index contributed by atoms with van der Waals surface area (Å²) in [6.45, 7) is 9.89. The maximum atomic E-state index is 13.2. The van der Waals surface area contributed by atoms with Gasteiger partial charge in [-0.3, -0.25) is 0 Å². The van der Waals surface area contributed by atoms with Gasteiger partial charge < -0.3 is 10.6 Å². The van der Waals surface area contributed by atoms with Crippen LogP contribution in [0.15, 0.2) is 18.2 Å². The molecule has 0 saturated heterocycles. The van der Waals surface area contributed by atoms with E-state index in [1.165, 1.54) is 6.07 Å². The van der Waals surface area contributed by atoms with Crippen LogP contribution in [0, 0.1) is 11.8 Å². The van der Waals surface area contributed by atoms with Gasteiger partial charge in [-0.2, -0.15) is 0 Å². The molecule has 0 aliphatic heterocycles. The number of rotatable bonds is 6. The molecule has 1 rings (SSSR count). The van der Waals surface area contributed by atoms with E-state index in [0.717, 1.165) is 13.1 Å². The lowest BCUT2D eigenvalue weighted by Crippen LogP contribution is -2.32. The number of nitrogens with zero attached hydrogens (tertiary/aromatic N) is 1. The van der Waals surface area contributed by atoms with Crippen molar-refractivity contribution in [3.05, 3.63) is 23.8 Å². The van der Waals surface area contributed by atoms with Crippen LogP contribution in [0.25, 0.3) is 0 Å². The molecule has 0 aliphatic rings. The molecule has 19 heavy (non-hydrogen) atoms. The summed E-state index contributed by atoms with van der Waals surface area (Å²) in [7, 11) is 0. The molecular weight excluding hydrogens is 246 g/mol. The largest absolute Gasteiger partial charge is 0.399 e. The summed E-state index contributed by atoms with van der Waals surface area (Å²) in [5.41, 5.74) is 6.63. The molecule has 0 atom stereocenters. The highest BCUT2D eigenvalue weighted by atomic mass is 19.3. The monoisotopic (exact) mass is 270 g/mol. The summed E-state index contributed by atoms with van der Waals surface area (Å²) in [5, 5.41) is 0. The summed E-state index contributed by atoms with van der Waals surface area (Å²) in [6, 6.07) is 4.78. The van der Waals surface area contributed by atoms with Crippen molar-refractivity contribution >= 4 is 11.4 Å². The predicted molar refractivity (Wildman–Crippen MR) is 77.7 cm³/mol. The minimum absolute atomic E-state index is 0.0290. The first kappa shape index (κ1) is 15.7. The number of halogens is 2. The second kappa shape index (κ2) is 6.73. The van der Waals surface area contributed by atoms with Crippen LogP contribution >= 0.6 is 0 Å². The Bertz CT molecular complexity index is 393. The van der Waals surface area contributed by atoms with E-state index in [9.17, 15) is 8.78 Å². The zero-order valence-electron chi connectivity index (χ0n) is 12.2. The zero-order valence-corrected chi connectivity index (χ0v) is 12.2. The summed E-state index contributed by atoms with van der Waals surface area (Å²) >= 11 is 0. The average Bonchev–Trinajstić information content (AvgIpc) is 2.26. The fourth-order valence-corrected chi connectivity index (χ4v) is 2.19. The van der Waals surface area contributed by atoms with Crippen molar-refractivity contribution in [3.8, 4) is 0 Å². The van der Waals surface area contributed by atoms with Crippen molar-refractivity contribution in [1.29, 1.82) is 0 Å². The van der Waals surface area contributed by atoms with Crippen LogP contribution in [0.4, 0.5) is 20.2 Å². The first-order chi connectivity index (χ1) is 8.81. The molecule has 0 unspecified atom stereocenters. The molecule has 0 aromatic heterocycles. The standard InChI is InChI=1S/C15H24F2N2/c1-10(2)8-19(9-11(3)4)14-6-5-12(18)7-13(14)15(16)17/h5-7,10-11,15H,8-9,18H2,1-4H3. The van der Waals surface area contributed by atoms with E-state index in [1.54, 1.807) is 12.1 Å². The molecule has 2 nitrogen and oxygen atoms in total. The number of hydrogen-bond acceptors (Lipinski definition) is 2. The van der Waals surface area contributed by atoms with E-state index in [-0.39, 0.29) is 5.56 Å². The van der Waals surface area contributed by atoms with Gasteiger partial charge in [-0.25, -0.2) is 8.78 Å². The van der Waals surface area contributed by atoms with E-state index < -0.39 is 6.43 Å². The fraction of sp³-hybridized carbons (Fsp3) is 0.600. The van der Waals surface area contributed by atoms with Crippen molar-refractivity contribution in [3.63, 3.8) is 0 Å². The summed E-state index contributed by atoms with van der Waals surface area (Å²) in [6.07, 6.45) is -2.50. The third kappa shape index (κ3) is 4.69. The number of benzene rings is 1. The molecule has 4 heteroatoms. The van der Waals surface area contributed by atoms with Gasteiger partial charge in [0.25, 0.3) is 6.43 Å². The van der Waals surface area contributed by atoms with Gasteiger partial charge in [0.1, 0.15) is 0 Å². The van der Waals surface area contributed by atoms with E-state index >= 15 is 0 Å². The third-order valence-electron chi connectivity index (χ3n) is 2.80. The van der Waals surface area contributed by atoms with E-state index in [4.69, 9.17) is 5.73 Å². The third-order valence-corrected chi connectivity index (χ3v) is 2.80.